The average molecular weight is 299 g/mol. The molecule has 0 aliphatic carbocycles. The van der Waals surface area contributed by atoms with Gasteiger partial charge in [-0.25, -0.2) is 9.78 Å². The van der Waals surface area contributed by atoms with Gasteiger partial charge in [-0.1, -0.05) is 20.8 Å². The second-order valence-electron chi connectivity index (χ2n) is 4.79. The van der Waals surface area contributed by atoms with Crippen molar-refractivity contribution in [2.75, 3.05) is 18.5 Å². The molecule has 0 unspecified atom stereocenters. The first kappa shape index (κ1) is 16.4. The van der Waals surface area contributed by atoms with Crippen molar-refractivity contribution < 1.29 is 14.3 Å². The summed E-state index contributed by atoms with van der Waals surface area (Å²) in [5.41, 5.74) is 0.641. The van der Waals surface area contributed by atoms with E-state index in [1.807, 2.05) is 20.8 Å². The van der Waals surface area contributed by atoms with Crippen molar-refractivity contribution >= 4 is 28.5 Å². The molecule has 0 aliphatic heterocycles. The van der Waals surface area contributed by atoms with Gasteiger partial charge in [0.05, 0.1) is 18.7 Å². The summed E-state index contributed by atoms with van der Waals surface area (Å²) in [4.78, 5) is 27.1. The lowest BCUT2D eigenvalue weighted by Gasteiger charge is -2.06. The fraction of sp³-hybridized carbons (Fsp3) is 0.615. The minimum atomic E-state index is -0.518. The molecule has 1 heterocycles. The van der Waals surface area contributed by atoms with Crippen molar-refractivity contribution in [2.24, 2.45) is 5.92 Å². The summed E-state index contributed by atoms with van der Waals surface area (Å²) in [6, 6.07) is 0. The van der Waals surface area contributed by atoms with Crippen LogP contribution in [-0.2, 0) is 16.0 Å². The SMILES string of the molecule is CCCNC(=O)Cc1csc(NC(=O)OCC(C)C)n1. The monoisotopic (exact) mass is 299 g/mol. The Morgan fingerprint density at radius 1 is 1.45 bits per heavy atom. The lowest BCUT2D eigenvalue weighted by Crippen LogP contribution is -2.25. The summed E-state index contributed by atoms with van der Waals surface area (Å²) in [6.07, 6.45) is 0.603. The minimum absolute atomic E-state index is 0.0638. The van der Waals surface area contributed by atoms with Crippen LogP contribution in [0.5, 0.6) is 0 Å². The number of hydrogen-bond acceptors (Lipinski definition) is 5. The Kier molecular flexibility index (Phi) is 7.00. The maximum absolute atomic E-state index is 11.5. The van der Waals surface area contributed by atoms with Gasteiger partial charge in [0.15, 0.2) is 5.13 Å². The topological polar surface area (TPSA) is 80.3 Å². The molecule has 0 saturated heterocycles. The quantitative estimate of drug-likeness (QED) is 0.810. The normalized spacial score (nSPS) is 10.4. The molecule has 0 aliphatic rings. The fourth-order valence-electron chi connectivity index (χ4n) is 1.30. The Bertz CT molecular complexity index is 446. The lowest BCUT2D eigenvalue weighted by molar-refractivity contribution is -0.120. The number of hydrogen-bond donors (Lipinski definition) is 2. The average Bonchev–Trinajstić information content (AvgIpc) is 2.81. The van der Waals surface area contributed by atoms with Crippen LogP contribution < -0.4 is 10.6 Å². The van der Waals surface area contributed by atoms with Crippen LogP contribution in [0.1, 0.15) is 32.9 Å². The third-order valence-electron chi connectivity index (χ3n) is 2.22. The number of amides is 2. The van der Waals surface area contributed by atoms with E-state index in [1.54, 1.807) is 5.38 Å². The predicted octanol–water partition coefficient (Wildman–Crippen LogP) is 2.42. The molecule has 0 fully saturated rings. The van der Waals surface area contributed by atoms with E-state index in [0.717, 1.165) is 6.42 Å². The molecule has 0 radical (unpaired) electrons. The summed E-state index contributed by atoms with van der Waals surface area (Å²) < 4.78 is 4.99. The van der Waals surface area contributed by atoms with Crippen LogP contribution in [0.15, 0.2) is 5.38 Å². The summed E-state index contributed by atoms with van der Waals surface area (Å²) in [5.74, 6) is 0.223. The number of carbonyl (C=O) groups is 2. The highest BCUT2D eigenvalue weighted by molar-refractivity contribution is 7.13. The van der Waals surface area contributed by atoms with Crippen LogP contribution in [0.25, 0.3) is 0 Å². The van der Waals surface area contributed by atoms with Crippen LogP contribution in [0.4, 0.5) is 9.93 Å². The van der Waals surface area contributed by atoms with Crippen molar-refractivity contribution in [1.29, 1.82) is 0 Å². The van der Waals surface area contributed by atoms with Gasteiger partial charge in [0, 0.05) is 11.9 Å². The van der Waals surface area contributed by atoms with E-state index in [1.165, 1.54) is 11.3 Å². The number of carbonyl (C=O) groups excluding carboxylic acids is 2. The lowest BCUT2D eigenvalue weighted by atomic mass is 10.2. The van der Waals surface area contributed by atoms with E-state index in [0.29, 0.717) is 24.0 Å². The van der Waals surface area contributed by atoms with Gasteiger partial charge >= 0.3 is 6.09 Å². The number of ether oxygens (including phenoxy) is 1. The van der Waals surface area contributed by atoms with Crippen molar-refractivity contribution in [2.45, 2.75) is 33.6 Å². The maximum Gasteiger partial charge on any atom is 0.413 e. The highest BCUT2D eigenvalue weighted by Crippen LogP contribution is 2.16. The molecule has 0 bridgehead atoms. The molecule has 0 aromatic carbocycles. The zero-order valence-corrected chi connectivity index (χ0v) is 12.9. The number of rotatable bonds is 7. The second-order valence-corrected chi connectivity index (χ2v) is 5.65. The van der Waals surface area contributed by atoms with Gasteiger partial charge in [-0.05, 0) is 12.3 Å². The van der Waals surface area contributed by atoms with E-state index >= 15 is 0 Å². The van der Waals surface area contributed by atoms with Gasteiger partial charge in [0.25, 0.3) is 0 Å². The number of aromatic nitrogens is 1. The van der Waals surface area contributed by atoms with E-state index in [2.05, 4.69) is 15.6 Å². The predicted molar refractivity (Wildman–Crippen MR) is 78.9 cm³/mol. The molecule has 0 saturated carbocycles. The van der Waals surface area contributed by atoms with E-state index in [4.69, 9.17) is 4.74 Å². The number of nitrogens with one attached hydrogen (secondary N) is 2. The minimum Gasteiger partial charge on any atom is -0.449 e. The zero-order chi connectivity index (χ0) is 15.0. The van der Waals surface area contributed by atoms with Crippen molar-refractivity contribution in [3.05, 3.63) is 11.1 Å². The fourth-order valence-corrected chi connectivity index (χ4v) is 2.00. The van der Waals surface area contributed by atoms with Crippen LogP contribution in [0.2, 0.25) is 0 Å². The van der Waals surface area contributed by atoms with Crippen molar-refractivity contribution in [3.63, 3.8) is 0 Å². The van der Waals surface area contributed by atoms with Crippen LogP contribution >= 0.6 is 11.3 Å². The van der Waals surface area contributed by atoms with Gasteiger partial charge in [0.2, 0.25) is 5.91 Å². The Morgan fingerprint density at radius 2 is 2.20 bits per heavy atom. The number of anilines is 1. The molecule has 0 spiro atoms. The summed E-state index contributed by atoms with van der Waals surface area (Å²) in [7, 11) is 0. The van der Waals surface area contributed by atoms with E-state index in [9.17, 15) is 9.59 Å². The smallest absolute Gasteiger partial charge is 0.413 e. The number of thiazole rings is 1. The zero-order valence-electron chi connectivity index (χ0n) is 12.1. The summed E-state index contributed by atoms with van der Waals surface area (Å²) in [5, 5.41) is 7.52. The third kappa shape index (κ3) is 6.51. The first-order valence-corrected chi connectivity index (χ1v) is 7.54. The molecule has 6 nitrogen and oxygen atoms in total. The third-order valence-corrected chi connectivity index (χ3v) is 3.03. The molecule has 1 aromatic heterocycles. The second kappa shape index (κ2) is 8.52. The molecule has 0 atom stereocenters. The van der Waals surface area contributed by atoms with Gasteiger partial charge in [-0.15, -0.1) is 11.3 Å². The molecule has 2 amide bonds. The molecular formula is C13H21N3O3S. The Labute approximate surface area is 122 Å². The molecular weight excluding hydrogens is 278 g/mol. The van der Waals surface area contributed by atoms with Crippen LogP contribution in [-0.4, -0.2) is 30.1 Å². The first-order valence-electron chi connectivity index (χ1n) is 6.66. The molecule has 1 aromatic rings. The van der Waals surface area contributed by atoms with Gasteiger partial charge in [-0.2, -0.15) is 0 Å². The summed E-state index contributed by atoms with van der Waals surface area (Å²) >= 11 is 1.27. The molecule has 20 heavy (non-hydrogen) atoms. The Hall–Kier alpha value is -1.63. The molecule has 2 N–H and O–H groups in total. The van der Waals surface area contributed by atoms with Crippen molar-refractivity contribution in [3.8, 4) is 0 Å². The number of nitrogens with zero attached hydrogens (tertiary/aromatic N) is 1. The highest BCUT2D eigenvalue weighted by atomic mass is 32.1. The van der Waals surface area contributed by atoms with Crippen LogP contribution in [0, 0.1) is 5.92 Å². The van der Waals surface area contributed by atoms with E-state index < -0.39 is 6.09 Å². The van der Waals surface area contributed by atoms with Gasteiger partial charge < -0.3 is 10.1 Å². The largest absolute Gasteiger partial charge is 0.449 e. The van der Waals surface area contributed by atoms with E-state index in [-0.39, 0.29) is 18.2 Å². The maximum atomic E-state index is 11.5. The van der Waals surface area contributed by atoms with Crippen molar-refractivity contribution in [1.82, 2.24) is 10.3 Å². The molecule has 1 rings (SSSR count). The molecule has 112 valence electrons. The van der Waals surface area contributed by atoms with Gasteiger partial charge in [-0.3, -0.25) is 10.1 Å². The standard InChI is InChI=1S/C13H21N3O3S/c1-4-5-14-11(17)6-10-8-20-12(15-10)16-13(18)19-7-9(2)3/h8-9H,4-7H2,1-3H3,(H,14,17)(H,15,16,18). The molecule has 7 heteroatoms. The Balaban J connectivity index is 2.39. The first-order chi connectivity index (χ1) is 9.51. The van der Waals surface area contributed by atoms with Gasteiger partial charge in [0.1, 0.15) is 0 Å². The Morgan fingerprint density at radius 3 is 2.85 bits per heavy atom. The summed E-state index contributed by atoms with van der Waals surface area (Å²) in [6.45, 7) is 6.94. The van der Waals surface area contributed by atoms with Crippen LogP contribution in [0.3, 0.4) is 0 Å². The highest BCUT2D eigenvalue weighted by Gasteiger charge is 2.10.